The molecule has 2 aromatic heterocycles. The quantitative estimate of drug-likeness (QED) is 0.163. The van der Waals surface area contributed by atoms with Gasteiger partial charge in [-0.1, -0.05) is 115 Å². The molecule has 46 heavy (non-hydrogen) atoms. The van der Waals surface area contributed by atoms with E-state index in [1.807, 2.05) is 71.8 Å². The first-order chi connectivity index (χ1) is 22.3. The first-order valence-electron chi connectivity index (χ1n) is 14.9. The number of benzene rings is 6. The van der Waals surface area contributed by atoms with E-state index in [1.54, 1.807) is 0 Å². The number of nitrogens with zero attached hydrogens (tertiary/aromatic N) is 3. The summed E-state index contributed by atoms with van der Waals surface area (Å²) in [6.45, 7) is 0. The number of hydrogen-bond donors (Lipinski definition) is 0. The second kappa shape index (κ2) is 14.6. The zero-order chi connectivity index (χ0) is 30.3. The molecule has 8 rings (SSSR count). The van der Waals surface area contributed by atoms with Crippen LogP contribution in [0, 0.1) is 12.1 Å². The molecular weight excluding hydrogens is 739 g/mol. The summed E-state index contributed by atoms with van der Waals surface area (Å²) in [5.41, 5.74) is 10.0. The maximum atomic E-state index is 4.58. The van der Waals surface area contributed by atoms with Crippen LogP contribution in [0.2, 0.25) is 0 Å². The van der Waals surface area contributed by atoms with Crippen molar-refractivity contribution in [2.45, 2.75) is 0 Å². The average molecular weight is 768 g/mol. The molecule has 0 fully saturated rings. The van der Waals surface area contributed by atoms with Gasteiger partial charge in [0.1, 0.15) is 0 Å². The average Bonchev–Trinajstić information content (AvgIpc) is 3.64. The molecule has 0 atom stereocenters. The van der Waals surface area contributed by atoms with E-state index in [0.29, 0.717) is 0 Å². The summed E-state index contributed by atoms with van der Waals surface area (Å²) in [5, 5.41) is 6.79. The third-order valence-electron chi connectivity index (χ3n) is 7.66. The SMILES string of the molecule is [Ir].[c-]1ccc(-c2ccccc2)cc1-c1cc2ccccc2cn1.[c-]1ccccc1-n1cc(-c2ccc(-c3ccccc3)cc2)cn1. The minimum atomic E-state index is 0. The van der Waals surface area contributed by atoms with Gasteiger partial charge in [-0.2, -0.15) is 29.4 Å². The van der Waals surface area contributed by atoms with Gasteiger partial charge in [-0.05, 0) is 44.4 Å². The largest absolute Gasteiger partial charge is 0.304 e. The van der Waals surface area contributed by atoms with Gasteiger partial charge in [-0.25, -0.2) is 0 Å². The van der Waals surface area contributed by atoms with E-state index in [0.717, 1.165) is 33.5 Å². The van der Waals surface area contributed by atoms with Crippen molar-refractivity contribution in [1.82, 2.24) is 14.8 Å². The van der Waals surface area contributed by atoms with Crippen molar-refractivity contribution in [3.05, 3.63) is 188 Å². The number of rotatable bonds is 5. The van der Waals surface area contributed by atoms with E-state index in [2.05, 4.69) is 131 Å². The van der Waals surface area contributed by atoms with Crippen LogP contribution in [0.4, 0.5) is 0 Å². The van der Waals surface area contributed by atoms with E-state index >= 15 is 0 Å². The Labute approximate surface area is 283 Å². The monoisotopic (exact) mass is 768 g/mol. The van der Waals surface area contributed by atoms with Gasteiger partial charge in [0.15, 0.2) is 0 Å². The maximum absolute atomic E-state index is 4.58. The van der Waals surface area contributed by atoms with Crippen molar-refractivity contribution in [3.8, 4) is 50.3 Å². The molecule has 3 nitrogen and oxygen atoms in total. The van der Waals surface area contributed by atoms with E-state index < -0.39 is 0 Å². The fourth-order valence-electron chi connectivity index (χ4n) is 5.27. The Morgan fingerprint density at radius 1 is 0.457 bits per heavy atom. The molecule has 6 aromatic carbocycles. The number of hydrogen-bond acceptors (Lipinski definition) is 2. The van der Waals surface area contributed by atoms with E-state index in [4.69, 9.17) is 0 Å². The fourth-order valence-corrected chi connectivity index (χ4v) is 5.27. The van der Waals surface area contributed by atoms with Gasteiger partial charge in [0.2, 0.25) is 0 Å². The van der Waals surface area contributed by atoms with Gasteiger partial charge in [-0.15, -0.1) is 41.5 Å². The van der Waals surface area contributed by atoms with Gasteiger partial charge in [0.25, 0.3) is 0 Å². The molecule has 0 unspecified atom stereocenters. The van der Waals surface area contributed by atoms with Gasteiger partial charge in [0.05, 0.1) is 6.20 Å². The van der Waals surface area contributed by atoms with Gasteiger partial charge >= 0.3 is 0 Å². The predicted molar refractivity (Wildman–Crippen MR) is 185 cm³/mol. The summed E-state index contributed by atoms with van der Waals surface area (Å²) in [6.07, 6.45) is 5.84. The number of pyridine rings is 1. The third-order valence-corrected chi connectivity index (χ3v) is 7.66. The Morgan fingerprint density at radius 3 is 1.76 bits per heavy atom. The minimum absolute atomic E-state index is 0. The Kier molecular flexibility index (Phi) is 9.70. The van der Waals surface area contributed by atoms with Crippen LogP contribution in [0.15, 0.2) is 176 Å². The zero-order valence-electron chi connectivity index (χ0n) is 24.9. The van der Waals surface area contributed by atoms with Crippen LogP contribution in [0.5, 0.6) is 0 Å². The van der Waals surface area contributed by atoms with Gasteiger partial charge < -0.3 is 4.98 Å². The molecule has 0 aliphatic rings. The van der Waals surface area contributed by atoms with E-state index in [-0.39, 0.29) is 20.1 Å². The second-order valence-electron chi connectivity index (χ2n) is 10.6. The smallest absolute Gasteiger partial charge is 0.0571 e. The summed E-state index contributed by atoms with van der Waals surface area (Å²) in [7, 11) is 0. The molecule has 0 spiro atoms. The molecule has 0 bridgehead atoms. The van der Waals surface area contributed by atoms with E-state index in [1.165, 1.54) is 27.6 Å². The summed E-state index contributed by atoms with van der Waals surface area (Å²) >= 11 is 0. The first kappa shape index (κ1) is 30.6. The molecule has 0 amide bonds. The van der Waals surface area contributed by atoms with Crippen LogP contribution in [0.25, 0.3) is 61.1 Å². The van der Waals surface area contributed by atoms with Crippen LogP contribution >= 0.6 is 0 Å². The fraction of sp³-hybridized carbons (Fsp3) is 0. The molecule has 4 heteroatoms. The zero-order valence-corrected chi connectivity index (χ0v) is 27.3. The van der Waals surface area contributed by atoms with E-state index in [9.17, 15) is 0 Å². The van der Waals surface area contributed by atoms with Crippen LogP contribution in [0.3, 0.4) is 0 Å². The molecule has 2 heterocycles. The van der Waals surface area contributed by atoms with Crippen LogP contribution in [0.1, 0.15) is 0 Å². The molecule has 223 valence electrons. The summed E-state index contributed by atoms with van der Waals surface area (Å²) in [4.78, 5) is 4.58. The molecule has 8 aromatic rings. The summed E-state index contributed by atoms with van der Waals surface area (Å²) in [6, 6.07) is 60.3. The van der Waals surface area contributed by atoms with Crippen LogP contribution in [-0.2, 0) is 20.1 Å². The molecule has 0 saturated carbocycles. The standard InChI is InChI=1S/C21H15N2.C21H14N.Ir/c1-3-7-17(8-4-1)18-11-13-19(14-12-18)20-15-22-23(16-20)21-9-5-2-6-10-21;1-2-7-16(8-3-1)17-11-6-12-19(13-17)21-14-18-9-4-5-10-20(18)15-22-21;/h1-9,11-16H;1-11,13-15H;/q2*-1;. The number of fused-ring (bicyclic) bond motifs is 1. The molecular formula is C42H29IrN3-2. The van der Waals surface area contributed by atoms with Crippen molar-refractivity contribution in [1.29, 1.82) is 0 Å². The molecule has 0 aliphatic carbocycles. The summed E-state index contributed by atoms with van der Waals surface area (Å²) in [5.74, 6) is 0. The van der Waals surface area contributed by atoms with Gasteiger partial charge in [-0.3, -0.25) is 4.68 Å². The summed E-state index contributed by atoms with van der Waals surface area (Å²) < 4.78 is 1.85. The van der Waals surface area contributed by atoms with Gasteiger partial charge in [0, 0.05) is 38.1 Å². The Hall–Kier alpha value is -5.41. The Bertz CT molecular complexity index is 2140. The molecule has 0 N–H and O–H groups in total. The number of aromatic nitrogens is 3. The first-order valence-corrected chi connectivity index (χ1v) is 14.9. The second-order valence-corrected chi connectivity index (χ2v) is 10.6. The molecule has 0 aliphatic heterocycles. The predicted octanol–water partition coefficient (Wildman–Crippen LogP) is 10.4. The van der Waals surface area contributed by atoms with Crippen molar-refractivity contribution in [3.63, 3.8) is 0 Å². The van der Waals surface area contributed by atoms with Crippen LogP contribution < -0.4 is 0 Å². The van der Waals surface area contributed by atoms with Crippen LogP contribution in [-0.4, -0.2) is 14.8 Å². The molecule has 0 saturated heterocycles. The van der Waals surface area contributed by atoms with Crippen molar-refractivity contribution in [2.75, 3.05) is 0 Å². The number of para-hydroxylation sites is 1. The van der Waals surface area contributed by atoms with Crippen molar-refractivity contribution in [2.24, 2.45) is 0 Å². The topological polar surface area (TPSA) is 30.7 Å². The third kappa shape index (κ3) is 7.11. The van der Waals surface area contributed by atoms with Crippen molar-refractivity contribution < 1.29 is 20.1 Å². The molecule has 1 radical (unpaired) electrons. The Morgan fingerprint density at radius 2 is 1.07 bits per heavy atom. The maximum Gasteiger partial charge on any atom is 0.0571 e. The van der Waals surface area contributed by atoms with Crippen molar-refractivity contribution >= 4 is 10.8 Å². The normalized spacial score (nSPS) is 10.4. The Balaban J connectivity index is 0.000000158. The minimum Gasteiger partial charge on any atom is -0.304 e.